The van der Waals surface area contributed by atoms with E-state index in [1.165, 1.54) is 47.7 Å². The van der Waals surface area contributed by atoms with Crippen LogP contribution in [0.15, 0.2) is 22.7 Å². The third-order valence-electron chi connectivity index (χ3n) is 3.97. The largest absolute Gasteiger partial charge is 0.324 e. The Morgan fingerprint density at radius 3 is 2.71 bits per heavy atom. The Morgan fingerprint density at radius 2 is 2.06 bits per heavy atom. The predicted molar refractivity (Wildman–Crippen MR) is 77.0 cm³/mol. The van der Waals surface area contributed by atoms with Crippen LogP contribution in [0.4, 0.5) is 0 Å². The molecule has 0 bridgehead atoms. The Balaban J connectivity index is 1.89. The van der Waals surface area contributed by atoms with Gasteiger partial charge < -0.3 is 5.73 Å². The van der Waals surface area contributed by atoms with Crippen molar-refractivity contribution in [1.82, 2.24) is 0 Å². The summed E-state index contributed by atoms with van der Waals surface area (Å²) >= 11 is 3.53. The van der Waals surface area contributed by atoms with Crippen LogP contribution >= 0.6 is 15.9 Å². The van der Waals surface area contributed by atoms with Crippen molar-refractivity contribution in [2.24, 2.45) is 11.7 Å². The minimum absolute atomic E-state index is 0.211. The fourth-order valence-corrected chi connectivity index (χ4v) is 3.03. The van der Waals surface area contributed by atoms with Crippen molar-refractivity contribution >= 4 is 15.9 Å². The van der Waals surface area contributed by atoms with Crippen LogP contribution in [0.1, 0.15) is 55.7 Å². The molecule has 1 nitrogen and oxygen atoms in total. The summed E-state index contributed by atoms with van der Waals surface area (Å²) in [7, 11) is 0. The van der Waals surface area contributed by atoms with Gasteiger partial charge in [0.1, 0.15) is 0 Å². The molecule has 0 aromatic heterocycles. The van der Waals surface area contributed by atoms with Crippen molar-refractivity contribution in [2.75, 3.05) is 0 Å². The molecule has 17 heavy (non-hydrogen) atoms. The van der Waals surface area contributed by atoms with Crippen molar-refractivity contribution < 1.29 is 0 Å². The lowest BCUT2D eigenvalue weighted by Crippen LogP contribution is -2.12. The van der Waals surface area contributed by atoms with E-state index < -0.39 is 0 Å². The fraction of sp³-hybridized carbons (Fsp3) is 0.600. The van der Waals surface area contributed by atoms with Gasteiger partial charge in [0, 0.05) is 10.5 Å². The summed E-state index contributed by atoms with van der Waals surface area (Å²) in [6, 6.07) is 6.68. The molecule has 2 heteroatoms. The lowest BCUT2D eigenvalue weighted by atomic mass is 9.95. The molecular formula is C15H22BrN. The normalized spacial score (nSPS) is 18.5. The van der Waals surface area contributed by atoms with Gasteiger partial charge in [-0.3, -0.25) is 0 Å². The van der Waals surface area contributed by atoms with Crippen molar-refractivity contribution in [3.8, 4) is 0 Å². The highest BCUT2D eigenvalue weighted by molar-refractivity contribution is 9.10. The molecule has 0 heterocycles. The van der Waals surface area contributed by atoms with E-state index in [-0.39, 0.29) is 6.04 Å². The number of rotatable bonds is 4. The van der Waals surface area contributed by atoms with Gasteiger partial charge in [-0.05, 0) is 42.9 Å². The quantitative estimate of drug-likeness (QED) is 0.854. The highest BCUT2D eigenvalue weighted by Gasteiger charge is 2.16. The average Bonchev–Trinajstić information content (AvgIpc) is 2.82. The number of halogens is 1. The monoisotopic (exact) mass is 295 g/mol. The van der Waals surface area contributed by atoms with Crippen LogP contribution in [0.5, 0.6) is 0 Å². The van der Waals surface area contributed by atoms with E-state index >= 15 is 0 Å². The standard InChI is InChI=1S/C15H22BrN/c1-11-10-13(7-8-14(11)16)15(17)9-6-12-4-2-3-5-12/h7-8,10,12,15H,2-6,9,17H2,1H3. The molecule has 1 aromatic carbocycles. The third-order valence-corrected chi connectivity index (χ3v) is 4.86. The first-order chi connectivity index (χ1) is 8.16. The Bertz CT molecular complexity index is 369. The molecule has 0 saturated heterocycles. The number of aryl methyl sites for hydroxylation is 1. The topological polar surface area (TPSA) is 26.0 Å². The van der Waals surface area contributed by atoms with Gasteiger partial charge in [0.15, 0.2) is 0 Å². The van der Waals surface area contributed by atoms with Crippen LogP contribution in [0.25, 0.3) is 0 Å². The van der Waals surface area contributed by atoms with Gasteiger partial charge in [-0.2, -0.15) is 0 Å². The SMILES string of the molecule is Cc1cc(C(N)CCC2CCCC2)ccc1Br. The number of benzene rings is 1. The highest BCUT2D eigenvalue weighted by Crippen LogP contribution is 2.31. The minimum Gasteiger partial charge on any atom is -0.324 e. The highest BCUT2D eigenvalue weighted by atomic mass is 79.9. The molecule has 0 radical (unpaired) electrons. The summed E-state index contributed by atoms with van der Waals surface area (Å²) in [6.45, 7) is 2.12. The first kappa shape index (κ1) is 13.1. The molecule has 1 atom stereocenters. The van der Waals surface area contributed by atoms with Gasteiger partial charge >= 0.3 is 0 Å². The molecule has 1 saturated carbocycles. The average molecular weight is 296 g/mol. The maximum Gasteiger partial charge on any atom is 0.0295 e. The number of hydrogen-bond donors (Lipinski definition) is 1. The summed E-state index contributed by atoms with van der Waals surface area (Å²) in [6.07, 6.45) is 8.13. The maximum absolute atomic E-state index is 6.28. The Labute approximate surface area is 113 Å². The van der Waals surface area contributed by atoms with Crippen LogP contribution in [0.3, 0.4) is 0 Å². The van der Waals surface area contributed by atoms with Gasteiger partial charge in [0.2, 0.25) is 0 Å². The van der Waals surface area contributed by atoms with Gasteiger partial charge in [0.05, 0.1) is 0 Å². The molecule has 2 rings (SSSR count). The Hall–Kier alpha value is -0.340. The zero-order valence-corrected chi connectivity index (χ0v) is 12.2. The van der Waals surface area contributed by atoms with Crippen molar-refractivity contribution in [1.29, 1.82) is 0 Å². The van der Waals surface area contributed by atoms with Crippen molar-refractivity contribution in [2.45, 2.75) is 51.5 Å². The summed E-state index contributed by atoms with van der Waals surface area (Å²) < 4.78 is 1.17. The van der Waals surface area contributed by atoms with Crippen molar-refractivity contribution in [3.05, 3.63) is 33.8 Å². The fourth-order valence-electron chi connectivity index (χ4n) is 2.78. The zero-order valence-electron chi connectivity index (χ0n) is 10.6. The lowest BCUT2D eigenvalue weighted by molar-refractivity contribution is 0.454. The van der Waals surface area contributed by atoms with E-state index in [2.05, 4.69) is 41.1 Å². The predicted octanol–water partition coefficient (Wildman–Crippen LogP) is 4.73. The van der Waals surface area contributed by atoms with E-state index in [1.807, 2.05) is 0 Å². The molecule has 1 aliphatic carbocycles. The third kappa shape index (κ3) is 3.56. The van der Waals surface area contributed by atoms with Crippen LogP contribution in [-0.2, 0) is 0 Å². The molecule has 1 aromatic rings. The molecule has 0 spiro atoms. The van der Waals surface area contributed by atoms with Gasteiger partial charge in [-0.25, -0.2) is 0 Å². The summed E-state index contributed by atoms with van der Waals surface area (Å²) in [5.74, 6) is 0.942. The van der Waals surface area contributed by atoms with Crippen molar-refractivity contribution in [3.63, 3.8) is 0 Å². The van der Waals surface area contributed by atoms with Gasteiger partial charge in [-0.15, -0.1) is 0 Å². The van der Waals surface area contributed by atoms with Crippen LogP contribution < -0.4 is 5.73 Å². The van der Waals surface area contributed by atoms with E-state index in [9.17, 15) is 0 Å². The molecule has 1 fully saturated rings. The lowest BCUT2D eigenvalue weighted by Gasteiger charge is -2.16. The second-order valence-corrected chi connectivity index (χ2v) is 6.20. The first-order valence-electron chi connectivity index (χ1n) is 6.68. The smallest absolute Gasteiger partial charge is 0.0295 e. The second-order valence-electron chi connectivity index (χ2n) is 5.34. The molecule has 0 aliphatic heterocycles. The van der Waals surface area contributed by atoms with E-state index in [4.69, 9.17) is 5.73 Å². The molecule has 1 unspecified atom stereocenters. The van der Waals surface area contributed by atoms with E-state index in [0.717, 1.165) is 12.3 Å². The molecule has 0 amide bonds. The van der Waals surface area contributed by atoms with Crippen LogP contribution in [0.2, 0.25) is 0 Å². The number of nitrogens with two attached hydrogens (primary N) is 1. The molecular weight excluding hydrogens is 274 g/mol. The summed E-state index contributed by atoms with van der Waals surface area (Å²) in [5.41, 5.74) is 8.83. The Morgan fingerprint density at radius 1 is 1.35 bits per heavy atom. The molecule has 1 aliphatic rings. The first-order valence-corrected chi connectivity index (χ1v) is 7.48. The molecule has 94 valence electrons. The Kier molecular flexibility index (Phi) is 4.63. The van der Waals surface area contributed by atoms with E-state index in [0.29, 0.717) is 0 Å². The minimum atomic E-state index is 0.211. The number of hydrogen-bond acceptors (Lipinski definition) is 1. The second kappa shape index (κ2) is 6.01. The summed E-state index contributed by atoms with van der Waals surface area (Å²) in [4.78, 5) is 0. The molecule has 2 N–H and O–H groups in total. The van der Waals surface area contributed by atoms with Gasteiger partial charge in [-0.1, -0.05) is 53.7 Å². The summed E-state index contributed by atoms with van der Waals surface area (Å²) in [5, 5.41) is 0. The van der Waals surface area contributed by atoms with Crippen LogP contribution in [0, 0.1) is 12.8 Å². The van der Waals surface area contributed by atoms with E-state index in [1.54, 1.807) is 0 Å². The van der Waals surface area contributed by atoms with Gasteiger partial charge in [0.25, 0.3) is 0 Å². The maximum atomic E-state index is 6.28. The zero-order chi connectivity index (χ0) is 12.3. The van der Waals surface area contributed by atoms with Crippen LogP contribution in [-0.4, -0.2) is 0 Å².